The van der Waals surface area contributed by atoms with Crippen LogP contribution in [0.1, 0.15) is 31.2 Å². The van der Waals surface area contributed by atoms with Gasteiger partial charge in [0, 0.05) is 25.7 Å². The number of rotatable bonds is 7. The Kier molecular flexibility index (Phi) is 8.69. The van der Waals surface area contributed by atoms with Gasteiger partial charge in [-0.2, -0.15) is 0 Å². The highest BCUT2D eigenvalue weighted by atomic mass is 35.5. The van der Waals surface area contributed by atoms with Gasteiger partial charge in [0.25, 0.3) is 5.91 Å². The van der Waals surface area contributed by atoms with Crippen molar-refractivity contribution in [1.29, 1.82) is 0 Å². The Balaban J connectivity index is 0.00000243. The van der Waals surface area contributed by atoms with Crippen LogP contribution in [-0.4, -0.2) is 67.6 Å². The third-order valence-electron chi connectivity index (χ3n) is 5.25. The van der Waals surface area contributed by atoms with Crippen LogP contribution in [-0.2, 0) is 4.79 Å². The number of nitrogens with zero attached hydrogens (tertiary/aromatic N) is 2. The minimum atomic E-state index is 0. The molecule has 2 saturated heterocycles. The number of amides is 1. The normalized spacial score (nSPS) is 20.4. The van der Waals surface area contributed by atoms with Gasteiger partial charge in [0.2, 0.25) is 0 Å². The highest BCUT2D eigenvalue weighted by Gasteiger charge is 2.27. The first-order valence-corrected chi connectivity index (χ1v) is 9.64. The van der Waals surface area contributed by atoms with E-state index in [1.54, 1.807) is 0 Å². The summed E-state index contributed by atoms with van der Waals surface area (Å²) in [5, 5.41) is 3.38. The molecule has 2 fully saturated rings. The molecule has 1 atom stereocenters. The molecule has 2 aliphatic heterocycles. The summed E-state index contributed by atoms with van der Waals surface area (Å²) in [7, 11) is 0. The molecule has 1 aromatic carbocycles. The second-order valence-corrected chi connectivity index (χ2v) is 7.24. The lowest BCUT2D eigenvalue weighted by Gasteiger charge is -2.33. The van der Waals surface area contributed by atoms with Crippen molar-refractivity contribution in [2.45, 2.75) is 38.6 Å². The van der Waals surface area contributed by atoms with E-state index < -0.39 is 0 Å². The molecule has 0 radical (unpaired) electrons. The van der Waals surface area contributed by atoms with Crippen molar-refractivity contribution >= 4 is 18.3 Å². The first kappa shape index (κ1) is 21.0. The van der Waals surface area contributed by atoms with Crippen LogP contribution in [0.25, 0.3) is 0 Å². The minimum Gasteiger partial charge on any atom is -0.484 e. The van der Waals surface area contributed by atoms with Crippen LogP contribution in [0.4, 0.5) is 0 Å². The van der Waals surface area contributed by atoms with E-state index >= 15 is 0 Å². The van der Waals surface area contributed by atoms with Crippen molar-refractivity contribution < 1.29 is 9.53 Å². The fourth-order valence-electron chi connectivity index (χ4n) is 3.78. The van der Waals surface area contributed by atoms with Crippen LogP contribution in [0.3, 0.4) is 0 Å². The van der Waals surface area contributed by atoms with E-state index in [0.717, 1.165) is 43.9 Å². The lowest BCUT2D eigenvalue weighted by atomic mass is 10.1. The fourth-order valence-corrected chi connectivity index (χ4v) is 3.78. The summed E-state index contributed by atoms with van der Waals surface area (Å²) in [4.78, 5) is 17.4. The van der Waals surface area contributed by atoms with Crippen molar-refractivity contribution in [2.24, 2.45) is 0 Å². The predicted molar refractivity (Wildman–Crippen MR) is 107 cm³/mol. The average Bonchev–Trinajstić information content (AvgIpc) is 3.15. The molecular formula is C20H32ClN3O2. The first-order valence-electron chi connectivity index (χ1n) is 9.64. The molecule has 6 heteroatoms. The summed E-state index contributed by atoms with van der Waals surface area (Å²) in [6.45, 7) is 8.18. The number of hydrogen-bond acceptors (Lipinski definition) is 4. The zero-order valence-corrected chi connectivity index (χ0v) is 16.6. The Morgan fingerprint density at radius 3 is 2.81 bits per heavy atom. The summed E-state index contributed by atoms with van der Waals surface area (Å²) in [5.74, 6) is 0.876. The van der Waals surface area contributed by atoms with E-state index in [2.05, 4.69) is 10.2 Å². The zero-order chi connectivity index (χ0) is 17.5. The highest BCUT2D eigenvalue weighted by molar-refractivity contribution is 5.85. The Morgan fingerprint density at radius 1 is 1.31 bits per heavy atom. The Morgan fingerprint density at radius 2 is 2.12 bits per heavy atom. The minimum absolute atomic E-state index is 0. The van der Waals surface area contributed by atoms with Crippen LogP contribution in [0, 0.1) is 6.92 Å². The molecule has 1 N–H and O–H groups in total. The zero-order valence-electron chi connectivity index (χ0n) is 15.8. The van der Waals surface area contributed by atoms with Gasteiger partial charge < -0.3 is 19.9 Å². The number of ether oxygens (including phenoxy) is 1. The van der Waals surface area contributed by atoms with E-state index in [9.17, 15) is 4.79 Å². The number of carbonyl (C=O) groups is 1. The predicted octanol–water partition coefficient (Wildman–Crippen LogP) is 2.47. The number of carbonyl (C=O) groups excluding carboxylic acids is 1. The molecule has 0 bridgehead atoms. The molecule has 5 nitrogen and oxygen atoms in total. The molecule has 1 unspecified atom stereocenters. The largest absolute Gasteiger partial charge is 0.484 e. The third-order valence-corrected chi connectivity index (χ3v) is 5.25. The van der Waals surface area contributed by atoms with Gasteiger partial charge in [0.05, 0.1) is 0 Å². The summed E-state index contributed by atoms with van der Waals surface area (Å²) in [6.07, 6.45) is 4.96. The molecule has 0 aliphatic carbocycles. The number of halogens is 1. The SMILES string of the molecule is Cc1cccc(OCC(=O)N(CCN2CCCCC2)C2CCNC2)c1.Cl. The van der Waals surface area contributed by atoms with Gasteiger partial charge >= 0.3 is 0 Å². The number of aryl methyl sites for hydroxylation is 1. The van der Waals surface area contributed by atoms with Crippen molar-refractivity contribution in [3.63, 3.8) is 0 Å². The number of hydrogen-bond donors (Lipinski definition) is 1. The Bertz CT molecular complexity index is 558. The topological polar surface area (TPSA) is 44.8 Å². The molecule has 146 valence electrons. The van der Waals surface area contributed by atoms with Crippen molar-refractivity contribution in [2.75, 3.05) is 45.9 Å². The molecule has 0 spiro atoms. The fraction of sp³-hybridized carbons (Fsp3) is 0.650. The van der Waals surface area contributed by atoms with Gasteiger partial charge in [-0.3, -0.25) is 4.79 Å². The summed E-state index contributed by atoms with van der Waals surface area (Å²) in [6, 6.07) is 8.18. The highest BCUT2D eigenvalue weighted by Crippen LogP contribution is 2.15. The molecule has 26 heavy (non-hydrogen) atoms. The summed E-state index contributed by atoms with van der Waals surface area (Å²) >= 11 is 0. The quantitative estimate of drug-likeness (QED) is 0.788. The Hall–Kier alpha value is -1.30. The lowest BCUT2D eigenvalue weighted by molar-refractivity contribution is -0.135. The van der Waals surface area contributed by atoms with E-state index in [1.165, 1.54) is 32.4 Å². The van der Waals surface area contributed by atoms with Gasteiger partial charge in [0.15, 0.2) is 6.61 Å². The molecule has 1 amide bonds. The van der Waals surface area contributed by atoms with Crippen LogP contribution in [0.5, 0.6) is 5.75 Å². The summed E-state index contributed by atoms with van der Waals surface area (Å²) in [5.41, 5.74) is 1.15. The standard InChI is InChI=1S/C20H31N3O2.ClH/c1-17-6-5-7-19(14-17)25-16-20(24)23(18-8-9-21-15-18)13-12-22-10-3-2-4-11-22;/h5-7,14,18,21H,2-4,8-13,15-16H2,1H3;1H. The smallest absolute Gasteiger partial charge is 0.260 e. The molecule has 0 aromatic heterocycles. The summed E-state index contributed by atoms with van der Waals surface area (Å²) < 4.78 is 5.76. The maximum absolute atomic E-state index is 12.8. The van der Waals surface area contributed by atoms with Gasteiger partial charge in [-0.15, -0.1) is 12.4 Å². The van der Waals surface area contributed by atoms with Crippen molar-refractivity contribution in [3.8, 4) is 5.75 Å². The second-order valence-electron chi connectivity index (χ2n) is 7.24. The van der Waals surface area contributed by atoms with Gasteiger partial charge in [-0.05, 0) is 63.5 Å². The van der Waals surface area contributed by atoms with Crippen molar-refractivity contribution in [3.05, 3.63) is 29.8 Å². The third kappa shape index (κ3) is 6.15. The average molecular weight is 382 g/mol. The molecule has 1 aromatic rings. The molecule has 2 aliphatic rings. The van der Waals surface area contributed by atoms with Crippen LogP contribution < -0.4 is 10.1 Å². The maximum Gasteiger partial charge on any atom is 0.260 e. The van der Waals surface area contributed by atoms with E-state index in [1.807, 2.05) is 36.1 Å². The first-order chi connectivity index (χ1) is 12.2. The van der Waals surface area contributed by atoms with E-state index in [0.29, 0.717) is 6.04 Å². The number of piperidine rings is 1. The van der Waals surface area contributed by atoms with Crippen LogP contribution in [0.15, 0.2) is 24.3 Å². The monoisotopic (exact) mass is 381 g/mol. The van der Waals surface area contributed by atoms with Gasteiger partial charge in [-0.1, -0.05) is 18.6 Å². The maximum atomic E-state index is 12.8. The number of nitrogens with one attached hydrogen (secondary N) is 1. The van der Waals surface area contributed by atoms with Gasteiger partial charge in [-0.25, -0.2) is 0 Å². The molecule has 3 rings (SSSR count). The number of likely N-dealkylation sites (tertiary alicyclic amines) is 1. The van der Waals surface area contributed by atoms with Gasteiger partial charge in [0.1, 0.15) is 5.75 Å². The molecular weight excluding hydrogens is 350 g/mol. The lowest BCUT2D eigenvalue weighted by Crippen LogP contribution is -2.48. The van der Waals surface area contributed by atoms with Crippen molar-refractivity contribution in [1.82, 2.24) is 15.1 Å². The second kappa shape index (κ2) is 10.8. The van der Waals surface area contributed by atoms with E-state index in [-0.39, 0.29) is 24.9 Å². The molecule has 2 heterocycles. The Labute approximate surface area is 163 Å². The van der Waals surface area contributed by atoms with Crippen LogP contribution in [0.2, 0.25) is 0 Å². The molecule has 0 saturated carbocycles. The number of benzene rings is 1. The van der Waals surface area contributed by atoms with Crippen LogP contribution >= 0.6 is 12.4 Å². The van der Waals surface area contributed by atoms with E-state index in [4.69, 9.17) is 4.74 Å².